The lowest BCUT2D eigenvalue weighted by atomic mass is 10.0. The number of aromatic nitrogens is 1. The molecular formula is C19H23N3O4. The molecule has 1 aromatic carbocycles. The second-order valence-electron chi connectivity index (χ2n) is 6.69. The Hall–Kier alpha value is -2.83. The van der Waals surface area contributed by atoms with Crippen molar-refractivity contribution < 1.29 is 19.5 Å². The minimum atomic E-state index is -1.06. The summed E-state index contributed by atoms with van der Waals surface area (Å²) in [4.78, 5) is 38.2. The van der Waals surface area contributed by atoms with Crippen LogP contribution in [0.3, 0.4) is 0 Å². The Balaban J connectivity index is 1.49. The molecule has 0 radical (unpaired) electrons. The summed E-state index contributed by atoms with van der Waals surface area (Å²) in [6, 6.07) is 6.65. The first-order chi connectivity index (χ1) is 12.5. The highest BCUT2D eigenvalue weighted by atomic mass is 16.4. The Morgan fingerprint density at radius 3 is 2.73 bits per heavy atom. The highest BCUT2D eigenvalue weighted by Gasteiger charge is 2.29. The number of rotatable bonds is 9. The number of aromatic amines is 1. The monoisotopic (exact) mass is 357 g/mol. The zero-order valence-corrected chi connectivity index (χ0v) is 14.5. The number of para-hydroxylation sites is 1. The molecule has 0 aliphatic heterocycles. The number of hydrogen-bond donors (Lipinski definition) is 4. The highest BCUT2D eigenvalue weighted by Crippen LogP contribution is 2.28. The van der Waals surface area contributed by atoms with E-state index in [9.17, 15) is 19.5 Å². The molecule has 26 heavy (non-hydrogen) atoms. The number of carbonyl (C=O) groups is 3. The van der Waals surface area contributed by atoms with Crippen molar-refractivity contribution in [3.63, 3.8) is 0 Å². The maximum Gasteiger partial charge on any atom is 0.326 e. The molecule has 2 amide bonds. The van der Waals surface area contributed by atoms with E-state index in [4.69, 9.17) is 0 Å². The van der Waals surface area contributed by atoms with Crippen LogP contribution in [0.1, 0.15) is 31.2 Å². The van der Waals surface area contributed by atoms with Crippen LogP contribution < -0.4 is 10.6 Å². The van der Waals surface area contributed by atoms with Crippen molar-refractivity contribution >= 4 is 28.7 Å². The lowest BCUT2D eigenvalue weighted by Gasteiger charge is -2.14. The molecule has 138 valence electrons. The van der Waals surface area contributed by atoms with Crippen molar-refractivity contribution in [3.05, 3.63) is 36.0 Å². The Morgan fingerprint density at radius 2 is 2.00 bits per heavy atom. The lowest BCUT2D eigenvalue weighted by molar-refractivity contribution is -0.141. The molecule has 3 rings (SSSR count). The molecule has 7 heteroatoms. The molecule has 0 spiro atoms. The predicted octanol–water partition coefficient (Wildman–Crippen LogP) is 1.59. The van der Waals surface area contributed by atoms with E-state index in [0.717, 1.165) is 29.3 Å². The van der Waals surface area contributed by atoms with Gasteiger partial charge in [0.2, 0.25) is 11.8 Å². The standard InChI is InChI=1S/C19H23N3O4/c23-17(6-3-9-20-18(24)12-7-8-12)22-16(19(25)26)10-13-11-21-15-5-2-1-4-14(13)15/h1-2,4-5,11-12,16,21H,3,6-10H2,(H,20,24)(H,22,23)(H,25,26). The summed E-state index contributed by atoms with van der Waals surface area (Å²) in [6.45, 7) is 0.433. The molecule has 1 saturated carbocycles. The van der Waals surface area contributed by atoms with Gasteiger partial charge in [-0.2, -0.15) is 0 Å². The van der Waals surface area contributed by atoms with Crippen LogP contribution in [0.2, 0.25) is 0 Å². The fourth-order valence-corrected chi connectivity index (χ4v) is 2.94. The molecule has 1 aromatic heterocycles. The van der Waals surface area contributed by atoms with Gasteiger partial charge in [-0.3, -0.25) is 9.59 Å². The van der Waals surface area contributed by atoms with Crippen molar-refractivity contribution in [1.82, 2.24) is 15.6 Å². The van der Waals surface area contributed by atoms with Gasteiger partial charge in [0.05, 0.1) is 0 Å². The summed E-state index contributed by atoms with van der Waals surface area (Å²) >= 11 is 0. The van der Waals surface area contributed by atoms with E-state index in [1.165, 1.54) is 0 Å². The molecule has 1 atom stereocenters. The Labute approximate surface area is 151 Å². The maximum atomic E-state index is 12.0. The summed E-state index contributed by atoms with van der Waals surface area (Å²) in [7, 11) is 0. The zero-order valence-electron chi connectivity index (χ0n) is 14.5. The third-order valence-electron chi connectivity index (χ3n) is 4.56. The van der Waals surface area contributed by atoms with Crippen molar-refractivity contribution in [2.24, 2.45) is 5.92 Å². The van der Waals surface area contributed by atoms with Crippen LogP contribution in [0.25, 0.3) is 10.9 Å². The van der Waals surface area contributed by atoms with E-state index in [1.54, 1.807) is 6.20 Å². The average molecular weight is 357 g/mol. The molecule has 1 aliphatic carbocycles. The fraction of sp³-hybridized carbons (Fsp3) is 0.421. The van der Waals surface area contributed by atoms with E-state index < -0.39 is 12.0 Å². The van der Waals surface area contributed by atoms with Crippen LogP contribution in [-0.4, -0.2) is 40.5 Å². The van der Waals surface area contributed by atoms with Crippen molar-refractivity contribution in [1.29, 1.82) is 0 Å². The van der Waals surface area contributed by atoms with Crippen LogP contribution >= 0.6 is 0 Å². The van der Waals surface area contributed by atoms with E-state index in [0.29, 0.717) is 13.0 Å². The van der Waals surface area contributed by atoms with Crippen LogP contribution in [0.5, 0.6) is 0 Å². The SMILES string of the molecule is O=C(CCCNC(=O)C1CC1)NC(Cc1c[nH]c2ccccc12)C(=O)O. The van der Waals surface area contributed by atoms with Gasteiger partial charge in [-0.1, -0.05) is 18.2 Å². The first-order valence-electron chi connectivity index (χ1n) is 8.89. The predicted molar refractivity (Wildman–Crippen MR) is 96.5 cm³/mol. The zero-order chi connectivity index (χ0) is 18.5. The Kier molecular flexibility index (Phi) is 5.55. The number of aliphatic carboxylic acids is 1. The second kappa shape index (κ2) is 8.03. The number of carboxylic acids is 1. The van der Waals surface area contributed by atoms with E-state index in [2.05, 4.69) is 15.6 Å². The van der Waals surface area contributed by atoms with Crippen LogP contribution in [0, 0.1) is 5.92 Å². The number of H-pyrrole nitrogens is 1. The summed E-state index contributed by atoms with van der Waals surface area (Å²) in [5, 5.41) is 15.7. The number of fused-ring (bicyclic) bond motifs is 1. The van der Waals surface area contributed by atoms with Gasteiger partial charge in [-0.25, -0.2) is 4.79 Å². The van der Waals surface area contributed by atoms with Crippen molar-refractivity contribution in [2.75, 3.05) is 6.54 Å². The molecule has 4 N–H and O–H groups in total. The summed E-state index contributed by atoms with van der Waals surface area (Å²) in [5.74, 6) is -1.19. The quantitative estimate of drug-likeness (QED) is 0.511. The number of carboxylic acid groups (broad SMARTS) is 1. The molecular weight excluding hydrogens is 334 g/mol. The molecule has 2 aromatic rings. The van der Waals surface area contributed by atoms with Gasteiger partial charge in [-0.15, -0.1) is 0 Å². The number of amides is 2. The van der Waals surface area contributed by atoms with Gasteiger partial charge < -0.3 is 20.7 Å². The number of benzene rings is 1. The first kappa shape index (κ1) is 18.0. The number of hydrogen-bond acceptors (Lipinski definition) is 3. The molecule has 0 bridgehead atoms. The first-order valence-corrected chi connectivity index (χ1v) is 8.89. The molecule has 1 aliphatic rings. The van der Waals surface area contributed by atoms with Gasteiger partial charge in [0.15, 0.2) is 0 Å². The minimum Gasteiger partial charge on any atom is -0.480 e. The molecule has 7 nitrogen and oxygen atoms in total. The van der Waals surface area contributed by atoms with Gasteiger partial charge in [0.1, 0.15) is 6.04 Å². The van der Waals surface area contributed by atoms with Crippen molar-refractivity contribution in [2.45, 2.75) is 38.1 Å². The van der Waals surface area contributed by atoms with Crippen molar-refractivity contribution in [3.8, 4) is 0 Å². The largest absolute Gasteiger partial charge is 0.480 e. The topological polar surface area (TPSA) is 111 Å². The average Bonchev–Trinajstić information content (AvgIpc) is 3.40. The normalized spacial score (nSPS) is 14.8. The molecule has 1 heterocycles. The van der Waals surface area contributed by atoms with Crippen LogP contribution in [-0.2, 0) is 20.8 Å². The number of carbonyl (C=O) groups excluding carboxylic acids is 2. The second-order valence-corrected chi connectivity index (χ2v) is 6.69. The van der Waals surface area contributed by atoms with Gasteiger partial charge >= 0.3 is 5.97 Å². The summed E-state index contributed by atoms with van der Waals surface area (Å²) < 4.78 is 0. The maximum absolute atomic E-state index is 12.0. The molecule has 0 saturated heterocycles. The fourth-order valence-electron chi connectivity index (χ4n) is 2.94. The smallest absolute Gasteiger partial charge is 0.326 e. The Morgan fingerprint density at radius 1 is 1.23 bits per heavy atom. The third-order valence-corrected chi connectivity index (χ3v) is 4.56. The van der Waals surface area contributed by atoms with Crippen LogP contribution in [0.4, 0.5) is 0 Å². The highest BCUT2D eigenvalue weighted by molar-refractivity contribution is 5.86. The number of nitrogens with one attached hydrogen (secondary N) is 3. The molecule has 1 fully saturated rings. The Bertz CT molecular complexity index is 810. The third kappa shape index (κ3) is 4.62. The van der Waals surface area contributed by atoms with E-state index in [1.807, 2.05) is 24.3 Å². The lowest BCUT2D eigenvalue weighted by Crippen LogP contribution is -2.42. The van der Waals surface area contributed by atoms with Gasteiger partial charge in [-0.05, 0) is 30.9 Å². The summed E-state index contributed by atoms with van der Waals surface area (Å²) in [6.07, 6.45) is 4.55. The molecule has 1 unspecified atom stereocenters. The van der Waals surface area contributed by atoms with Gasteiger partial charge in [0.25, 0.3) is 0 Å². The van der Waals surface area contributed by atoms with Crippen LogP contribution in [0.15, 0.2) is 30.5 Å². The van der Waals surface area contributed by atoms with E-state index >= 15 is 0 Å². The van der Waals surface area contributed by atoms with E-state index in [-0.39, 0.29) is 30.6 Å². The summed E-state index contributed by atoms with van der Waals surface area (Å²) in [5.41, 5.74) is 1.79. The van der Waals surface area contributed by atoms with Gasteiger partial charge in [0, 0.05) is 42.4 Å². The minimum absolute atomic E-state index is 0.0492.